The fourth-order valence-electron chi connectivity index (χ4n) is 4.39. The van der Waals surface area contributed by atoms with Crippen molar-refractivity contribution >= 4 is 27.6 Å². The van der Waals surface area contributed by atoms with Crippen molar-refractivity contribution in [2.24, 2.45) is 5.92 Å². The highest BCUT2D eigenvalue weighted by Crippen LogP contribution is 2.49. The van der Waals surface area contributed by atoms with Gasteiger partial charge < -0.3 is 14.8 Å². The minimum atomic E-state index is -3.70. The maximum Gasteiger partial charge on any atom is 0.316 e. The van der Waals surface area contributed by atoms with Crippen molar-refractivity contribution in [1.82, 2.24) is 4.31 Å². The molecule has 9 heteroatoms. The molecule has 0 radical (unpaired) electrons. The van der Waals surface area contributed by atoms with Crippen LogP contribution in [0.3, 0.4) is 0 Å². The quantitative estimate of drug-likeness (QED) is 0.575. The van der Waals surface area contributed by atoms with Crippen LogP contribution < -0.4 is 10.1 Å². The van der Waals surface area contributed by atoms with Crippen molar-refractivity contribution < 1.29 is 27.5 Å². The maximum atomic E-state index is 13.1. The van der Waals surface area contributed by atoms with Crippen LogP contribution in [0.2, 0.25) is 0 Å². The van der Waals surface area contributed by atoms with Gasteiger partial charge in [0.1, 0.15) is 5.75 Å². The Kier molecular flexibility index (Phi) is 6.95. The molecule has 1 saturated heterocycles. The van der Waals surface area contributed by atoms with Crippen LogP contribution in [0.25, 0.3) is 0 Å². The number of amides is 1. The average molecular weight is 487 g/mol. The summed E-state index contributed by atoms with van der Waals surface area (Å²) in [7, 11) is -2.18. The van der Waals surface area contributed by atoms with E-state index in [2.05, 4.69) is 5.32 Å². The van der Waals surface area contributed by atoms with E-state index in [0.717, 1.165) is 18.4 Å². The number of hydrogen-bond donors (Lipinski definition) is 1. The van der Waals surface area contributed by atoms with Crippen molar-refractivity contribution in [1.29, 1.82) is 0 Å². The molecule has 8 nitrogen and oxygen atoms in total. The Morgan fingerprint density at radius 2 is 1.76 bits per heavy atom. The number of sulfonamides is 1. The number of piperidine rings is 1. The predicted octanol–water partition coefficient (Wildman–Crippen LogP) is 3.33. The van der Waals surface area contributed by atoms with Crippen molar-refractivity contribution in [3.8, 4) is 5.75 Å². The van der Waals surface area contributed by atoms with Gasteiger partial charge in [-0.05, 0) is 74.6 Å². The van der Waals surface area contributed by atoms with Crippen molar-refractivity contribution in [2.75, 3.05) is 32.1 Å². The van der Waals surface area contributed by atoms with Gasteiger partial charge in [0.05, 0.1) is 29.9 Å². The second-order valence-electron chi connectivity index (χ2n) is 8.75. The molecule has 0 aromatic heterocycles. The SMILES string of the molecule is CCOC(=O)C1(c2ccc(NC(=O)[C@@H]3CCCN(S(=O)(=O)c4ccc(OC)cc4)C3)cc2)CC1. The molecular formula is C25H30N2O6S. The van der Waals surface area contributed by atoms with Crippen molar-refractivity contribution in [3.05, 3.63) is 54.1 Å². The smallest absolute Gasteiger partial charge is 0.316 e. The first kappa shape index (κ1) is 24.2. The summed E-state index contributed by atoms with van der Waals surface area (Å²) in [4.78, 5) is 25.4. The predicted molar refractivity (Wildman–Crippen MR) is 127 cm³/mol. The number of ether oxygens (including phenoxy) is 2. The summed E-state index contributed by atoms with van der Waals surface area (Å²) >= 11 is 0. The summed E-state index contributed by atoms with van der Waals surface area (Å²) in [5.74, 6) is -0.285. The largest absolute Gasteiger partial charge is 0.497 e. The van der Waals surface area contributed by atoms with Gasteiger partial charge in [-0.15, -0.1) is 0 Å². The first-order chi connectivity index (χ1) is 16.3. The third-order valence-corrected chi connectivity index (χ3v) is 8.45. The van der Waals surface area contributed by atoms with E-state index in [4.69, 9.17) is 9.47 Å². The Balaban J connectivity index is 1.40. The fraction of sp³-hybridized carbons (Fsp3) is 0.440. The molecule has 2 aliphatic rings. The zero-order valence-electron chi connectivity index (χ0n) is 19.5. The molecule has 1 aliphatic heterocycles. The number of benzene rings is 2. The van der Waals surface area contributed by atoms with Crippen molar-refractivity contribution in [2.45, 2.75) is 42.9 Å². The highest BCUT2D eigenvalue weighted by Gasteiger charge is 2.52. The third-order valence-electron chi connectivity index (χ3n) is 6.57. The van der Waals surface area contributed by atoms with Gasteiger partial charge in [-0.3, -0.25) is 9.59 Å². The minimum Gasteiger partial charge on any atom is -0.497 e. The fourth-order valence-corrected chi connectivity index (χ4v) is 5.92. The number of carbonyl (C=O) groups is 2. The van der Waals surface area contributed by atoms with Crippen LogP contribution in [0.15, 0.2) is 53.4 Å². The maximum absolute atomic E-state index is 13.1. The Morgan fingerprint density at radius 3 is 2.35 bits per heavy atom. The van der Waals surface area contributed by atoms with Gasteiger partial charge in [-0.1, -0.05) is 12.1 Å². The van der Waals surface area contributed by atoms with Crippen LogP contribution in [0.4, 0.5) is 5.69 Å². The number of rotatable bonds is 8. The van der Waals surface area contributed by atoms with Gasteiger partial charge in [0.15, 0.2) is 0 Å². The van der Waals surface area contributed by atoms with Gasteiger partial charge in [0.25, 0.3) is 0 Å². The molecule has 0 spiro atoms. The molecule has 182 valence electrons. The molecule has 34 heavy (non-hydrogen) atoms. The Hall–Kier alpha value is -2.91. The van der Waals surface area contributed by atoms with Crippen LogP contribution in [-0.4, -0.2) is 51.4 Å². The van der Waals surface area contributed by atoms with E-state index < -0.39 is 21.4 Å². The van der Waals surface area contributed by atoms with E-state index in [0.29, 0.717) is 37.4 Å². The van der Waals surface area contributed by atoms with Crippen LogP contribution >= 0.6 is 0 Å². The summed E-state index contributed by atoms with van der Waals surface area (Å²) in [5, 5.41) is 2.90. The second kappa shape index (κ2) is 9.76. The summed E-state index contributed by atoms with van der Waals surface area (Å²) in [5.41, 5.74) is 0.944. The molecule has 1 amide bonds. The second-order valence-corrected chi connectivity index (χ2v) is 10.7. The summed E-state index contributed by atoms with van der Waals surface area (Å²) in [6.07, 6.45) is 2.75. The number of anilines is 1. The number of hydrogen-bond acceptors (Lipinski definition) is 6. The molecule has 1 saturated carbocycles. The summed E-state index contributed by atoms with van der Waals surface area (Å²) in [6.45, 7) is 2.65. The molecule has 1 heterocycles. The molecule has 0 bridgehead atoms. The number of nitrogens with one attached hydrogen (secondary N) is 1. The van der Waals surface area contributed by atoms with E-state index >= 15 is 0 Å². The first-order valence-electron chi connectivity index (χ1n) is 11.5. The van der Waals surface area contributed by atoms with Gasteiger partial charge in [-0.25, -0.2) is 8.42 Å². The first-order valence-corrected chi connectivity index (χ1v) is 13.0. The van der Waals surface area contributed by atoms with Gasteiger partial charge >= 0.3 is 5.97 Å². The van der Waals surface area contributed by atoms with E-state index in [1.165, 1.54) is 23.5 Å². The molecule has 2 aromatic carbocycles. The molecule has 1 N–H and O–H groups in total. The molecular weight excluding hydrogens is 456 g/mol. The minimum absolute atomic E-state index is 0.129. The molecule has 0 unspecified atom stereocenters. The monoisotopic (exact) mass is 486 g/mol. The lowest BCUT2D eigenvalue weighted by molar-refractivity contribution is -0.146. The lowest BCUT2D eigenvalue weighted by Crippen LogP contribution is -2.43. The van der Waals surface area contributed by atoms with Crippen molar-refractivity contribution in [3.63, 3.8) is 0 Å². The van der Waals surface area contributed by atoms with Crippen LogP contribution in [0.5, 0.6) is 5.75 Å². The van der Waals surface area contributed by atoms with Gasteiger partial charge in [-0.2, -0.15) is 4.31 Å². The molecule has 2 aromatic rings. The van der Waals surface area contributed by atoms with Crippen LogP contribution in [0, 0.1) is 5.92 Å². The molecule has 2 fully saturated rings. The van der Waals surface area contributed by atoms with E-state index in [1.807, 2.05) is 12.1 Å². The Bertz CT molecular complexity index is 1140. The lowest BCUT2D eigenvalue weighted by Gasteiger charge is -2.31. The van der Waals surface area contributed by atoms with Crippen LogP contribution in [-0.2, 0) is 29.8 Å². The molecule has 4 rings (SSSR count). The number of nitrogens with zero attached hydrogens (tertiary/aromatic N) is 1. The standard InChI is InChI=1S/C25H30N2O6S/c1-3-33-24(29)25(14-15-25)19-6-8-20(9-7-19)26-23(28)18-5-4-16-27(17-18)34(30,31)22-12-10-21(32-2)11-13-22/h6-13,18H,3-5,14-17H2,1-2H3,(H,26,28)/t18-/m1/s1. The number of esters is 1. The van der Waals surface area contributed by atoms with E-state index in [-0.39, 0.29) is 23.3 Å². The average Bonchev–Trinajstić information content (AvgIpc) is 3.67. The van der Waals surface area contributed by atoms with E-state index in [9.17, 15) is 18.0 Å². The van der Waals surface area contributed by atoms with Gasteiger partial charge in [0.2, 0.25) is 15.9 Å². The summed E-state index contributed by atoms with van der Waals surface area (Å²) in [6, 6.07) is 13.5. The zero-order valence-corrected chi connectivity index (χ0v) is 20.3. The molecule has 1 aliphatic carbocycles. The highest BCUT2D eigenvalue weighted by atomic mass is 32.2. The topological polar surface area (TPSA) is 102 Å². The number of methoxy groups -OCH3 is 1. The zero-order chi connectivity index (χ0) is 24.3. The Morgan fingerprint density at radius 1 is 1.09 bits per heavy atom. The molecule has 1 atom stereocenters. The normalized spacial score (nSPS) is 19.8. The summed E-state index contributed by atoms with van der Waals surface area (Å²) < 4.78 is 37.8. The van der Waals surface area contributed by atoms with Gasteiger partial charge in [0, 0.05) is 18.8 Å². The van der Waals surface area contributed by atoms with Crippen LogP contribution in [0.1, 0.15) is 38.2 Å². The van der Waals surface area contributed by atoms with E-state index in [1.54, 1.807) is 31.2 Å². The third kappa shape index (κ3) is 4.81. The highest BCUT2D eigenvalue weighted by molar-refractivity contribution is 7.89. The lowest BCUT2D eigenvalue weighted by atomic mass is 9.95. The Labute approximate surface area is 200 Å². The number of carbonyl (C=O) groups excluding carboxylic acids is 2.